The number of hydrogen-bond acceptors (Lipinski definition) is 7. The first kappa shape index (κ1) is 24.3. The van der Waals surface area contributed by atoms with Gasteiger partial charge in [0.2, 0.25) is 0 Å². The van der Waals surface area contributed by atoms with Crippen molar-refractivity contribution < 1.29 is 34.5 Å². The molecule has 1 rings (SSSR count). The number of likely N-dealkylation sites (N-methyl/N-ethyl adjacent to an activating group) is 1. The fraction of sp³-hybridized carbons (Fsp3) is 0.765. The molecule has 1 fully saturated rings. The van der Waals surface area contributed by atoms with E-state index >= 15 is 0 Å². The van der Waals surface area contributed by atoms with Gasteiger partial charge in [0.25, 0.3) is 0 Å². The average molecular weight is 420 g/mol. The van der Waals surface area contributed by atoms with Crippen molar-refractivity contribution in [3.63, 3.8) is 0 Å². The fourth-order valence-electron chi connectivity index (χ4n) is 3.67. The first-order chi connectivity index (χ1) is 13.0. The number of unbranched alkanes of at least 4 members (excludes halogenated alkanes) is 1. The standard InChI is InChI=1S/C17H29N3O7S/c1-18(8-13(21)22)17(5-3-2-4-16(27)28)11-19(9-14(23)24)6-7-20(12-17)10-15(25)26/h2-12H2,1H3,(H,21,22)(H,23,24)(H,25,26)(H,27,28). The molecule has 3 N–H and O–H groups in total. The van der Waals surface area contributed by atoms with Crippen molar-refractivity contribution in [1.29, 1.82) is 0 Å². The van der Waals surface area contributed by atoms with Crippen LogP contribution in [0.25, 0.3) is 0 Å². The maximum atomic E-state index is 11.3. The second kappa shape index (κ2) is 11.3. The van der Waals surface area contributed by atoms with Gasteiger partial charge in [0.15, 0.2) is 5.12 Å². The lowest BCUT2D eigenvalue weighted by Gasteiger charge is -2.44. The summed E-state index contributed by atoms with van der Waals surface area (Å²) < 4.78 is 0. The van der Waals surface area contributed by atoms with Crippen LogP contribution in [0.5, 0.6) is 0 Å². The summed E-state index contributed by atoms with van der Waals surface area (Å²) in [6.07, 6.45) is 1.98. The highest BCUT2D eigenvalue weighted by atomic mass is 32.1. The zero-order valence-electron chi connectivity index (χ0n) is 16.0. The molecule has 0 amide bonds. The zero-order valence-corrected chi connectivity index (χ0v) is 16.9. The van der Waals surface area contributed by atoms with E-state index in [1.807, 2.05) is 0 Å². The molecular weight excluding hydrogens is 390 g/mol. The van der Waals surface area contributed by atoms with Crippen molar-refractivity contribution in [3.05, 3.63) is 0 Å². The molecule has 0 bridgehead atoms. The third-order valence-corrected chi connectivity index (χ3v) is 5.17. The minimum Gasteiger partial charge on any atom is -0.480 e. The Morgan fingerprint density at radius 3 is 1.82 bits per heavy atom. The van der Waals surface area contributed by atoms with Gasteiger partial charge in [-0.2, -0.15) is 0 Å². The van der Waals surface area contributed by atoms with E-state index in [2.05, 4.69) is 12.6 Å². The lowest BCUT2D eigenvalue weighted by molar-refractivity contribution is -0.142. The SMILES string of the molecule is CN(CC(=O)O)C1(CCCCC(=O)S)CN(CC(=O)O)CCN(CC(=O)O)C1. The van der Waals surface area contributed by atoms with Gasteiger partial charge in [0.05, 0.1) is 19.6 Å². The van der Waals surface area contributed by atoms with Gasteiger partial charge in [-0.3, -0.25) is 33.9 Å². The van der Waals surface area contributed by atoms with Crippen molar-refractivity contribution in [3.8, 4) is 0 Å². The van der Waals surface area contributed by atoms with Crippen molar-refractivity contribution in [2.75, 3.05) is 52.9 Å². The molecule has 0 saturated carbocycles. The molecule has 1 saturated heterocycles. The summed E-state index contributed by atoms with van der Waals surface area (Å²) in [5.74, 6) is -3.02. The largest absolute Gasteiger partial charge is 0.480 e. The van der Waals surface area contributed by atoms with Crippen LogP contribution in [0.15, 0.2) is 0 Å². The van der Waals surface area contributed by atoms with Crippen LogP contribution in [0, 0.1) is 0 Å². The molecule has 0 spiro atoms. The van der Waals surface area contributed by atoms with Gasteiger partial charge in [-0.05, 0) is 19.9 Å². The summed E-state index contributed by atoms with van der Waals surface area (Å²) in [4.78, 5) is 49.9. The van der Waals surface area contributed by atoms with Crippen LogP contribution in [0.3, 0.4) is 0 Å². The van der Waals surface area contributed by atoms with Crippen LogP contribution in [0.4, 0.5) is 0 Å². The Kier molecular flexibility index (Phi) is 9.87. The van der Waals surface area contributed by atoms with Crippen molar-refractivity contribution in [1.82, 2.24) is 14.7 Å². The number of thiol groups is 1. The second-order valence-electron chi connectivity index (χ2n) is 7.28. The molecule has 28 heavy (non-hydrogen) atoms. The molecule has 1 aliphatic rings. The average Bonchev–Trinajstić information content (AvgIpc) is 2.70. The minimum atomic E-state index is -1.02. The van der Waals surface area contributed by atoms with E-state index in [-0.39, 0.29) is 24.7 Å². The molecule has 11 heteroatoms. The molecule has 0 aromatic rings. The Bertz CT molecular complexity index is 561. The molecule has 160 valence electrons. The Morgan fingerprint density at radius 2 is 1.43 bits per heavy atom. The molecule has 0 aromatic heterocycles. The van der Waals surface area contributed by atoms with Gasteiger partial charge < -0.3 is 15.3 Å². The van der Waals surface area contributed by atoms with Crippen molar-refractivity contribution in [2.24, 2.45) is 0 Å². The number of rotatable bonds is 12. The maximum absolute atomic E-state index is 11.3. The van der Waals surface area contributed by atoms with E-state index in [1.165, 1.54) is 0 Å². The number of nitrogens with zero attached hydrogens (tertiary/aromatic N) is 3. The molecule has 0 atom stereocenters. The highest BCUT2D eigenvalue weighted by Crippen LogP contribution is 2.27. The van der Waals surface area contributed by atoms with E-state index < -0.39 is 23.4 Å². The molecule has 0 aliphatic carbocycles. The molecule has 0 unspecified atom stereocenters. The lowest BCUT2D eigenvalue weighted by Crippen LogP contribution is -2.59. The van der Waals surface area contributed by atoms with Crippen LogP contribution in [-0.2, 0) is 19.2 Å². The lowest BCUT2D eigenvalue weighted by atomic mass is 9.89. The van der Waals surface area contributed by atoms with Crippen molar-refractivity contribution >= 4 is 35.7 Å². The van der Waals surface area contributed by atoms with Gasteiger partial charge >= 0.3 is 17.9 Å². The summed E-state index contributed by atoms with van der Waals surface area (Å²) in [6, 6.07) is 0. The number of hydrogen-bond donors (Lipinski definition) is 4. The van der Waals surface area contributed by atoms with E-state index in [0.29, 0.717) is 51.9 Å². The molecule has 0 radical (unpaired) electrons. The van der Waals surface area contributed by atoms with Gasteiger partial charge in [0.1, 0.15) is 0 Å². The van der Waals surface area contributed by atoms with Crippen LogP contribution in [-0.4, -0.2) is 111 Å². The molecular formula is C17H29N3O7S. The second-order valence-corrected chi connectivity index (χ2v) is 7.78. The summed E-state index contributed by atoms with van der Waals surface area (Å²) >= 11 is 3.75. The summed E-state index contributed by atoms with van der Waals surface area (Å²) in [5.41, 5.74) is -0.751. The van der Waals surface area contributed by atoms with Gasteiger partial charge in [-0.1, -0.05) is 6.42 Å². The van der Waals surface area contributed by atoms with Crippen LogP contribution in [0.1, 0.15) is 25.7 Å². The Balaban J connectivity index is 3.11. The summed E-state index contributed by atoms with van der Waals surface area (Å²) in [6.45, 7) is 0.668. The Labute approximate surface area is 169 Å². The van der Waals surface area contributed by atoms with Gasteiger partial charge in [0, 0.05) is 38.1 Å². The van der Waals surface area contributed by atoms with Crippen molar-refractivity contribution in [2.45, 2.75) is 31.2 Å². The van der Waals surface area contributed by atoms with Crippen LogP contribution in [0.2, 0.25) is 0 Å². The predicted molar refractivity (Wildman–Crippen MR) is 104 cm³/mol. The number of carbonyl (C=O) groups is 4. The van der Waals surface area contributed by atoms with Crippen LogP contribution >= 0.6 is 12.6 Å². The topological polar surface area (TPSA) is 139 Å². The number of carboxylic acids is 3. The smallest absolute Gasteiger partial charge is 0.317 e. The van der Waals surface area contributed by atoms with E-state index in [0.717, 1.165) is 0 Å². The minimum absolute atomic E-state index is 0.210. The molecule has 10 nitrogen and oxygen atoms in total. The highest BCUT2D eigenvalue weighted by Gasteiger charge is 2.41. The number of carbonyl (C=O) groups excluding carboxylic acids is 1. The summed E-state index contributed by atoms with van der Waals surface area (Å²) in [7, 11) is 1.65. The molecule has 1 aliphatic heterocycles. The first-order valence-electron chi connectivity index (χ1n) is 9.07. The monoisotopic (exact) mass is 419 g/mol. The normalized spacial score (nSPS) is 18.0. The zero-order chi connectivity index (χ0) is 21.3. The maximum Gasteiger partial charge on any atom is 0.317 e. The third kappa shape index (κ3) is 8.55. The summed E-state index contributed by atoms with van der Waals surface area (Å²) in [5, 5.41) is 27.4. The quantitative estimate of drug-likeness (QED) is 0.243. The van der Waals surface area contributed by atoms with E-state index in [4.69, 9.17) is 0 Å². The number of aliphatic carboxylic acids is 3. The fourth-order valence-corrected chi connectivity index (χ4v) is 3.83. The molecule has 1 heterocycles. The van der Waals surface area contributed by atoms with Crippen LogP contribution < -0.4 is 0 Å². The molecule has 0 aromatic carbocycles. The Morgan fingerprint density at radius 1 is 0.929 bits per heavy atom. The predicted octanol–water partition coefficient (Wildman–Crippen LogP) is -0.455. The van der Waals surface area contributed by atoms with Gasteiger partial charge in [-0.15, -0.1) is 12.6 Å². The number of carboxylic acid groups (broad SMARTS) is 3. The first-order valence-corrected chi connectivity index (χ1v) is 9.52. The van der Waals surface area contributed by atoms with E-state index in [1.54, 1.807) is 21.7 Å². The van der Waals surface area contributed by atoms with Gasteiger partial charge in [-0.25, -0.2) is 0 Å². The third-order valence-electron chi connectivity index (χ3n) is 4.95. The highest BCUT2D eigenvalue weighted by molar-refractivity contribution is 7.96. The Hall–Kier alpha value is -1.69. The van der Waals surface area contributed by atoms with E-state index in [9.17, 15) is 34.5 Å².